The van der Waals surface area contributed by atoms with Gasteiger partial charge in [0.2, 0.25) is 0 Å². The highest BCUT2D eigenvalue weighted by atomic mass is 35.5. The third kappa shape index (κ3) is 5.47. The number of rotatable bonds is 7. The number of pyridine rings is 1. The Labute approximate surface area is 103 Å². The second kappa shape index (κ2) is 7.64. The van der Waals surface area contributed by atoms with Crippen molar-refractivity contribution in [2.45, 2.75) is 45.6 Å². The normalized spacial score (nSPS) is 12.7. The van der Waals surface area contributed by atoms with Crippen molar-refractivity contribution in [3.63, 3.8) is 0 Å². The Morgan fingerprint density at radius 1 is 1.44 bits per heavy atom. The summed E-state index contributed by atoms with van der Waals surface area (Å²) in [5, 5.41) is 4.08. The molecule has 0 bridgehead atoms. The van der Waals surface area contributed by atoms with Crippen LogP contribution in [0.5, 0.6) is 0 Å². The molecular formula is C13H21ClN2. The van der Waals surface area contributed by atoms with E-state index in [9.17, 15) is 0 Å². The van der Waals surface area contributed by atoms with Gasteiger partial charge in [0.05, 0.1) is 0 Å². The van der Waals surface area contributed by atoms with Gasteiger partial charge < -0.3 is 5.32 Å². The van der Waals surface area contributed by atoms with Gasteiger partial charge in [-0.3, -0.25) is 0 Å². The summed E-state index contributed by atoms with van der Waals surface area (Å²) in [6.07, 6.45) is 6.69. The van der Waals surface area contributed by atoms with E-state index in [0.29, 0.717) is 11.2 Å². The van der Waals surface area contributed by atoms with Gasteiger partial charge in [-0.05, 0) is 37.9 Å². The van der Waals surface area contributed by atoms with Crippen LogP contribution in [0, 0.1) is 0 Å². The molecule has 0 saturated carbocycles. The van der Waals surface area contributed by atoms with Crippen LogP contribution in [-0.4, -0.2) is 17.6 Å². The molecular weight excluding hydrogens is 220 g/mol. The van der Waals surface area contributed by atoms with Crippen LogP contribution < -0.4 is 5.32 Å². The highest BCUT2D eigenvalue weighted by Gasteiger charge is 2.00. The molecule has 1 N–H and O–H groups in total. The number of nitrogens with zero attached hydrogens (tertiary/aromatic N) is 1. The van der Waals surface area contributed by atoms with Crippen LogP contribution >= 0.6 is 11.6 Å². The van der Waals surface area contributed by atoms with E-state index in [2.05, 4.69) is 24.1 Å². The lowest BCUT2D eigenvalue weighted by Gasteiger charge is -2.12. The third-order valence-electron chi connectivity index (χ3n) is 2.69. The smallest absolute Gasteiger partial charge is 0.129 e. The second-order valence-corrected chi connectivity index (χ2v) is 4.62. The van der Waals surface area contributed by atoms with E-state index in [4.69, 9.17) is 11.6 Å². The topological polar surface area (TPSA) is 24.9 Å². The fourth-order valence-corrected chi connectivity index (χ4v) is 1.74. The van der Waals surface area contributed by atoms with Gasteiger partial charge in [-0.2, -0.15) is 0 Å². The predicted molar refractivity (Wildman–Crippen MR) is 69.9 cm³/mol. The van der Waals surface area contributed by atoms with Crippen LogP contribution in [0.3, 0.4) is 0 Å². The average Bonchev–Trinajstić information content (AvgIpc) is 2.29. The van der Waals surface area contributed by atoms with Crippen molar-refractivity contribution >= 4 is 11.6 Å². The van der Waals surface area contributed by atoms with Gasteiger partial charge in [0, 0.05) is 12.2 Å². The van der Waals surface area contributed by atoms with Gasteiger partial charge in [0.15, 0.2) is 0 Å². The quantitative estimate of drug-likeness (QED) is 0.739. The largest absolute Gasteiger partial charge is 0.314 e. The van der Waals surface area contributed by atoms with Crippen molar-refractivity contribution in [3.05, 3.63) is 29.0 Å². The average molecular weight is 241 g/mol. The van der Waals surface area contributed by atoms with Gasteiger partial charge in [0.1, 0.15) is 5.15 Å². The standard InChI is InChI=1S/C13H21ClN2/c1-3-4-5-11(2)15-9-8-12-6-7-13(14)16-10-12/h6-7,10-11,15H,3-5,8-9H2,1-2H3. The highest BCUT2D eigenvalue weighted by molar-refractivity contribution is 6.29. The first kappa shape index (κ1) is 13.5. The minimum Gasteiger partial charge on any atom is -0.314 e. The van der Waals surface area contributed by atoms with Gasteiger partial charge in [-0.1, -0.05) is 37.4 Å². The summed E-state index contributed by atoms with van der Waals surface area (Å²) in [5.74, 6) is 0. The minimum absolute atomic E-state index is 0.563. The molecule has 1 aromatic rings. The molecule has 3 heteroatoms. The summed E-state index contributed by atoms with van der Waals surface area (Å²) < 4.78 is 0. The van der Waals surface area contributed by atoms with Crippen LogP contribution in [-0.2, 0) is 6.42 Å². The molecule has 1 aromatic heterocycles. The summed E-state index contributed by atoms with van der Waals surface area (Å²) in [6, 6.07) is 4.49. The number of nitrogens with one attached hydrogen (secondary N) is 1. The van der Waals surface area contributed by atoms with E-state index >= 15 is 0 Å². The molecule has 0 aliphatic heterocycles. The van der Waals surface area contributed by atoms with Crippen molar-refractivity contribution in [2.24, 2.45) is 0 Å². The van der Waals surface area contributed by atoms with Crippen molar-refractivity contribution in [2.75, 3.05) is 6.54 Å². The summed E-state index contributed by atoms with van der Waals surface area (Å²) in [5.41, 5.74) is 1.24. The Morgan fingerprint density at radius 2 is 2.25 bits per heavy atom. The molecule has 0 aliphatic rings. The molecule has 1 rings (SSSR count). The maximum Gasteiger partial charge on any atom is 0.129 e. The van der Waals surface area contributed by atoms with E-state index in [-0.39, 0.29) is 0 Å². The van der Waals surface area contributed by atoms with Crippen LogP contribution in [0.15, 0.2) is 18.3 Å². The molecule has 90 valence electrons. The third-order valence-corrected chi connectivity index (χ3v) is 2.91. The molecule has 0 saturated heterocycles. The molecule has 0 spiro atoms. The van der Waals surface area contributed by atoms with Crippen molar-refractivity contribution in [1.82, 2.24) is 10.3 Å². The van der Waals surface area contributed by atoms with E-state index in [1.807, 2.05) is 18.3 Å². The number of hydrogen-bond donors (Lipinski definition) is 1. The zero-order valence-electron chi connectivity index (χ0n) is 10.2. The molecule has 0 aliphatic carbocycles. The lowest BCUT2D eigenvalue weighted by atomic mass is 10.1. The summed E-state index contributed by atoms with van der Waals surface area (Å²) in [7, 11) is 0. The first-order chi connectivity index (χ1) is 7.72. The Balaban J connectivity index is 2.17. The Morgan fingerprint density at radius 3 is 2.88 bits per heavy atom. The van der Waals surface area contributed by atoms with Crippen LogP contribution in [0.4, 0.5) is 0 Å². The van der Waals surface area contributed by atoms with Crippen LogP contribution in [0.25, 0.3) is 0 Å². The van der Waals surface area contributed by atoms with Gasteiger partial charge in [0.25, 0.3) is 0 Å². The lowest BCUT2D eigenvalue weighted by Crippen LogP contribution is -2.27. The highest BCUT2D eigenvalue weighted by Crippen LogP contribution is 2.05. The summed E-state index contributed by atoms with van der Waals surface area (Å²) >= 11 is 5.73. The Bertz CT molecular complexity index is 284. The van der Waals surface area contributed by atoms with Crippen molar-refractivity contribution in [3.8, 4) is 0 Å². The molecule has 16 heavy (non-hydrogen) atoms. The second-order valence-electron chi connectivity index (χ2n) is 4.24. The SMILES string of the molecule is CCCCC(C)NCCc1ccc(Cl)nc1. The Hall–Kier alpha value is -0.600. The lowest BCUT2D eigenvalue weighted by molar-refractivity contribution is 0.498. The molecule has 0 radical (unpaired) electrons. The number of unbranched alkanes of at least 4 members (excludes halogenated alkanes) is 1. The summed E-state index contributed by atoms with van der Waals surface area (Å²) in [4.78, 5) is 4.06. The maximum atomic E-state index is 5.73. The number of hydrogen-bond acceptors (Lipinski definition) is 2. The van der Waals surface area contributed by atoms with Crippen LogP contribution in [0.1, 0.15) is 38.7 Å². The van der Waals surface area contributed by atoms with Gasteiger partial charge in [-0.15, -0.1) is 0 Å². The number of aromatic nitrogens is 1. The molecule has 2 nitrogen and oxygen atoms in total. The van der Waals surface area contributed by atoms with Crippen LogP contribution in [0.2, 0.25) is 5.15 Å². The predicted octanol–water partition coefficient (Wildman–Crippen LogP) is 3.45. The van der Waals surface area contributed by atoms with Crippen molar-refractivity contribution < 1.29 is 0 Å². The van der Waals surface area contributed by atoms with Gasteiger partial charge >= 0.3 is 0 Å². The molecule has 1 unspecified atom stereocenters. The number of halogens is 1. The van der Waals surface area contributed by atoms with E-state index in [0.717, 1.165) is 13.0 Å². The maximum absolute atomic E-state index is 5.73. The minimum atomic E-state index is 0.563. The molecule has 1 atom stereocenters. The fraction of sp³-hybridized carbons (Fsp3) is 0.615. The molecule has 0 fully saturated rings. The zero-order valence-corrected chi connectivity index (χ0v) is 10.9. The van der Waals surface area contributed by atoms with Crippen molar-refractivity contribution in [1.29, 1.82) is 0 Å². The van der Waals surface area contributed by atoms with Gasteiger partial charge in [-0.25, -0.2) is 4.98 Å². The fourth-order valence-electron chi connectivity index (χ4n) is 1.63. The Kier molecular flexibility index (Phi) is 6.43. The first-order valence-electron chi connectivity index (χ1n) is 6.06. The zero-order chi connectivity index (χ0) is 11.8. The molecule has 0 aromatic carbocycles. The van der Waals surface area contributed by atoms with E-state index in [1.54, 1.807) is 0 Å². The van der Waals surface area contributed by atoms with E-state index < -0.39 is 0 Å². The first-order valence-corrected chi connectivity index (χ1v) is 6.44. The van der Waals surface area contributed by atoms with E-state index in [1.165, 1.54) is 24.8 Å². The molecule has 0 amide bonds. The summed E-state index contributed by atoms with van der Waals surface area (Å²) in [6.45, 7) is 5.48. The monoisotopic (exact) mass is 240 g/mol. The molecule has 1 heterocycles.